The molecule has 0 saturated heterocycles. The minimum atomic E-state index is -0.389. The molecule has 94 valence electrons. The molecule has 0 aliphatic carbocycles. The van der Waals surface area contributed by atoms with E-state index in [0.29, 0.717) is 5.69 Å². The van der Waals surface area contributed by atoms with E-state index in [-0.39, 0.29) is 11.6 Å². The number of nitrogens with two attached hydrogens (primary N) is 1. The molecule has 0 heterocycles. The molecule has 0 saturated carbocycles. The lowest BCUT2D eigenvalue weighted by atomic mass is 10.2. The van der Waals surface area contributed by atoms with Crippen LogP contribution in [0.2, 0.25) is 0 Å². The van der Waals surface area contributed by atoms with Crippen molar-refractivity contribution in [3.8, 4) is 5.75 Å². The number of anilines is 3. The van der Waals surface area contributed by atoms with Gasteiger partial charge in [0.1, 0.15) is 0 Å². The predicted octanol–water partition coefficient (Wildman–Crippen LogP) is 3.47. The number of ether oxygens (including phenoxy) is 1. The van der Waals surface area contributed by atoms with Gasteiger partial charge in [0.15, 0.2) is 11.6 Å². The molecule has 3 nitrogen and oxygen atoms in total. The molecule has 0 spiro atoms. The van der Waals surface area contributed by atoms with E-state index in [9.17, 15) is 4.39 Å². The van der Waals surface area contributed by atoms with Crippen molar-refractivity contribution in [2.75, 3.05) is 18.2 Å². The van der Waals surface area contributed by atoms with Crippen LogP contribution in [0.5, 0.6) is 5.75 Å². The maximum atomic E-state index is 13.3. The van der Waals surface area contributed by atoms with Gasteiger partial charge >= 0.3 is 0 Å². The second kappa shape index (κ2) is 4.96. The minimum absolute atomic E-state index is 0.200. The van der Waals surface area contributed by atoms with Crippen LogP contribution in [0, 0.1) is 12.7 Å². The van der Waals surface area contributed by atoms with Gasteiger partial charge in [-0.3, -0.25) is 0 Å². The Kier molecular flexibility index (Phi) is 3.37. The molecule has 0 amide bonds. The quantitative estimate of drug-likeness (QED) is 0.815. The van der Waals surface area contributed by atoms with Gasteiger partial charge in [-0.1, -0.05) is 6.07 Å². The van der Waals surface area contributed by atoms with Crippen LogP contribution in [0.3, 0.4) is 0 Å². The van der Waals surface area contributed by atoms with E-state index in [4.69, 9.17) is 10.5 Å². The fourth-order valence-electron chi connectivity index (χ4n) is 1.67. The van der Waals surface area contributed by atoms with E-state index in [1.165, 1.54) is 13.2 Å². The lowest BCUT2D eigenvalue weighted by molar-refractivity contribution is 0.387. The summed E-state index contributed by atoms with van der Waals surface area (Å²) >= 11 is 0. The van der Waals surface area contributed by atoms with Crippen molar-refractivity contribution in [3.05, 3.63) is 47.8 Å². The van der Waals surface area contributed by atoms with Crippen LogP contribution in [0.25, 0.3) is 0 Å². The van der Waals surface area contributed by atoms with Gasteiger partial charge in [0.2, 0.25) is 0 Å². The van der Waals surface area contributed by atoms with Crippen molar-refractivity contribution in [2.24, 2.45) is 0 Å². The summed E-state index contributed by atoms with van der Waals surface area (Å²) in [4.78, 5) is 0. The van der Waals surface area contributed by atoms with Crippen LogP contribution in [-0.2, 0) is 0 Å². The normalized spacial score (nSPS) is 10.2. The molecule has 3 N–H and O–H groups in total. The molecule has 2 aromatic rings. The Hall–Kier alpha value is -2.23. The third kappa shape index (κ3) is 2.53. The topological polar surface area (TPSA) is 47.3 Å². The Bertz CT molecular complexity index is 570. The molecule has 4 heteroatoms. The zero-order chi connectivity index (χ0) is 13.1. The lowest BCUT2D eigenvalue weighted by Crippen LogP contribution is -1.97. The van der Waals surface area contributed by atoms with Crippen LogP contribution < -0.4 is 15.8 Å². The lowest BCUT2D eigenvalue weighted by Gasteiger charge is -2.11. The smallest absolute Gasteiger partial charge is 0.165 e. The first-order valence-electron chi connectivity index (χ1n) is 5.57. The number of hydrogen-bond acceptors (Lipinski definition) is 3. The zero-order valence-electron chi connectivity index (χ0n) is 10.3. The zero-order valence-corrected chi connectivity index (χ0v) is 10.3. The molecule has 0 aliphatic rings. The Labute approximate surface area is 105 Å². The second-order valence-corrected chi connectivity index (χ2v) is 4.07. The highest BCUT2D eigenvalue weighted by molar-refractivity contribution is 5.73. The molecule has 0 bridgehead atoms. The number of nitrogen functional groups attached to an aromatic ring is 1. The molecule has 18 heavy (non-hydrogen) atoms. The monoisotopic (exact) mass is 246 g/mol. The van der Waals surface area contributed by atoms with E-state index in [1.54, 1.807) is 12.1 Å². The summed E-state index contributed by atoms with van der Waals surface area (Å²) in [7, 11) is 1.43. The highest BCUT2D eigenvalue weighted by atomic mass is 19.1. The van der Waals surface area contributed by atoms with Crippen LogP contribution in [0.1, 0.15) is 5.56 Å². The van der Waals surface area contributed by atoms with Gasteiger partial charge in [0.25, 0.3) is 0 Å². The van der Waals surface area contributed by atoms with Crippen LogP contribution in [0.15, 0.2) is 36.4 Å². The van der Waals surface area contributed by atoms with Gasteiger partial charge in [0, 0.05) is 11.8 Å². The van der Waals surface area contributed by atoms with Gasteiger partial charge in [-0.15, -0.1) is 0 Å². The molecular weight excluding hydrogens is 231 g/mol. The van der Waals surface area contributed by atoms with Crippen LogP contribution in [0.4, 0.5) is 21.5 Å². The van der Waals surface area contributed by atoms with Gasteiger partial charge in [-0.25, -0.2) is 4.39 Å². The summed E-state index contributed by atoms with van der Waals surface area (Å²) in [5, 5.41) is 3.14. The van der Waals surface area contributed by atoms with Gasteiger partial charge in [-0.05, 0) is 36.8 Å². The van der Waals surface area contributed by atoms with Crippen molar-refractivity contribution in [3.63, 3.8) is 0 Å². The number of methoxy groups -OCH3 is 1. The summed E-state index contributed by atoms with van der Waals surface area (Å²) in [5.41, 5.74) is 9.13. The molecule has 2 rings (SSSR count). The molecule has 0 fully saturated rings. The fourth-order valence-corrected chi connectivity index (χ4v) is 1.67. The van der Waals surface area contributed by atoms with E-state index in [1.807, 2.05) is 25.1 Å². The maximum absolute atomic E-state index is 13.3. The Morgan fingerprint density at radius 1 is 1.17 bits per heavy atom. The molecule has 0 unspecified atom stereocenters. The minimum Gasteiger partial charge on any atom is -0.494 e. The van der Waals surface area contributed by atoms with Crippen molar-refractivity contribution in [1.29, 1.82) is 0 Å². The first kappa shape index (κ1) is 12.2. The number of halogens is 1. The van der Waals surface area contributed by atoms with Gasteiger partial charge < -0.3 is 15.8 Å². The summed E-state index contributed by atoms with van der Waals surface area (Å²) in [6, 6.07) is 10.3. The van der Waals surface area contributed by atoms with E-state index in [2.05, 4.69) is 5.32 Å². The van der Waals surface area contributed by atoms with Crippen LogP contribution >= 0.6 is 0 Å². The van der Waals surface area contributed by atoms with E-state index in [0.717, 1.165) is 16.9 Å². The van der Waals surface area contributed by atoms with Crippen molar-refractivity contribution < 1.29 is 9.13 Å². The number of aryl methyl sites for hydroxylation is 1. The summed E-state index contributed by atoms with van der Waals surface area (Å²) in [5.74, 6) is -0.188. The highest BCUT2D eigenvalue weighted by Gasteiger charge is 2.05. The van der Waals surface area contributed by atoms with Crippen LogP contribution in [-0.4, -0.2) is 7.11 Å². The molecular formula is C14H15FN2O. The fraction of sp³-hybridized carbons (Fsp3) is 0.143. The maximum Gasteiger partial charge on any atom is 0.165 e. The molecule has 0 atom stereocenters. The largest absolute Gasteiger partial charge is 0.494 e. The number of rotatable bonds is 3. The summed E-state index contributed by atoms with van der Waals surface area (Å²) < 4.78 is 18.2. The third-order valence-corrected chi connectivity index (χ3v) is 2.64. The standard InChI is InChI=1S/C14H15FN2O/c1-9-3-6-12(16)13(7-9)17-10-4-5-11(15)14(8-10)18-2/h3-8,17H,16H2,1-2H3. The molecule has 0 aromatic heterocycles. The van der Waals surface area contributed by atoms with Crippen molar-refractivity contribution >= 4 is 17.1 Å². The first-order valence-corrected chi connectivity index (χ1v) is 5.57. The summed E-state index contributed by atoms with van der Waals surface area (Å²) in [6.07, 6.45) is 0. The third-order valence-electron chi connectivity index (χ3n) is 2.64. The number of hydrogen-bond donors (Lipinski definition) is 2. The molecule has 2 aromatic carbocycles. The highest BCUT2D eigenvalue weighted by Crippen LogP contribution is 2.27. The summed E-state index contributed by atoms with van der Waals surface area (Å²) in [6.45, 7) is 1.98. The van der Waals surface area contributed by atoms with E-state index >= 15 is 0 Å². The van der Waals surface area contributed by atoms with Crippen molar-refractivity contribution in [1.82, 2.24) is 0 Å². The average Bonchev–Trinajstić information content (AvgIpc) is 2.36. The Balaban J connectivity index is 2.31. The average molecular weight is 246 g/mol. The van der Waals surface area contributed by atoms with E-state index < -0.39 is 0 Å². The van der Waals surface area contributed by atoms with Gasteiger partial charge in [-0.2, -0.15) is 0 Å². The predicted molar refractivity (Wildman–Crippen MR) is 71.8 cm³/mol. The number of benzene rings is 2. The first-order chi connectivity index (χ1) is 8.60. The Morgan fingerprint density at radius 2 is 1.94 bits per heavy atom. The van der Waals surface area contributed by atoms with Gasteiger partial charge in [0.05, 0.1) is 18.5 Å². The Morgan fingerprint density at radius 3 is 2.67 bits per heavy atom. The number of nitrogens with one attached hydrogen (secondary N) is 1. The SMILES string of the molecule is COc1cc(Nc2cc(C)ccc2N)ccc1F. The second-order valence-electron chi connectivity index (χ2n) is 4.07. The molecule has 0 radical (unpaired) electrons. The molecule has 0 aliphatic heterocycles. The van der Waals surface area contributed by atoms with Crippen molar-refractivity contribution in [2.45, 2.75) is 6.92 Å².